The molecular formula is C21H25N3O6. The molecule has 2 aliphatic rings. The number of hydrogen-bond donors (Lipinski definition) is 0. The quantitative estimate of drug-likeness (QED) is 0.399. The van der Waals surface area contributed by atoms with Gasteiger partial charge in [-0.2, -0.15) is 0 Å². The molecule has 3 rings (SSSR count). The van der Waals surface area contributed by atoms with Crippen LogP contribution in [-0.4, -0.2) is 54.3 Å². The molecule has 0 spiro atoms. The van der Waals surface area contributed by atoms with Crippen molar-refractivity contribution in [3.63, 3.8) is 0 Å². The number of likely N-dealkylation sites (tertiary alicyclic amines) is 1. The van der Waals surface area contributed by atoms with Crippen molar-refractivity contribution in [2.24, 2.45) is 10.9 Å². The average molecular weight is 415 g/mol. The van der Waals surface area contributed by atoms with E-state index >= 15 is 0 Å². The first-order valence-electron chi connectivity index (χ1n) is 9.92. The topological polar surface area (TPSA) is 111 Å². The molecule has 2 heterocycles. The van der Waals surface area contributed by atoms with Gasteiger partial charge in [0.15, 0.2) is 0 Å². The molecule has 0 saturated carbocycles. The van der Waals surface area contributed by atoms with Crippen molar-refractivity contribution in [3.05, 3.63) is 51.3 Å². The van der Waals surface area contributed by atoms with E-state index in [1.54, 1.807) is 26.0 Å². The number of nitrogens with zero attached hydrogens (tertiary/aromatic N) is 3. The molecule has 1 aromatic rings. The first-order chi connectivity index (χ1) is 14.4. The van der Waals surface area contributed by atoms with Gasteiger partial charge >= 0.3 is 11.9 Å². The van der Waals surface area contributed by atoms with Gasteiger partial charge in [0.05, 0.1) is 24.2 Å². The summed E-state index contributed by atoms with van der Waals surface area (Å²) in [5.41, 5.74) is 1.07. The summed E-state index contributed by atoms with van der Waals surface area (Å²) in [6, 6.07) is 5.98. The second-order valence-electron chi connectivity index (χ2n) is 7.24. The largest absolute Gasteiger partial charge is 0.468 e. The zero-order valence-corrected chi connectivity index (χ0v) is 17.3. The molecule has 0 radical (unpaired) electrons. The SMILES string of the molecule is CCOC(=O)C1=C(N2CCCC2)N=C(C)C(C(=O)OC)C1c1cccc([N+](=O)[O-])c1. The van der Waals surface area contributed by atoms with Gasteiger partial charge in [-0.05, 0) is 32.3 Å². The molecule has 0 amide bonds. The molecule has 2 aliphatic heterocycles. The third-order valence-corrected chi connectivity index (χ3v) is 5.41. The van der Waals surface area contributed by atoms with Gasteiger partial charge in [-0.25, -0.2) is 9.79 Å². The lowest BCUT2D eigenvalue weighted by Crippen LogP contribution is -2.39. The molecule has 160 valence electrons. The van der Waals surface area contributed by atoms with E-state index in [1.807, 2.05) is 4.90 Å². The maximum Gasteiger partial charge on any atom is 0.338 e. The zero-order valence-electron chi connectivity index (χ0n) is 17.3. The minimum atomic E-state index is -0.886. The fraction of sp³-hybridized carbons (Fsp3) is 0.476. The fourth-order valence-corrected chi connectivity index (χ4v) is 4.07. The highest BCUT2D eigenvalue weighted by atomic mass is 16.6. The molecule has 1 fully saturated rings. The lowest BCUT2D eigenvalue weighted by Gasteiger charge is -2.34. The molecule has 30 heavy (non-hydrogen) atoms. The van der Waals surface area contributed by atoms with Gasteiger partial charge < -0.3 is 14.4 Å². The van der Waals surface area contributed by atoms with Crippen molar-refractivity contribution >= 4 is 23.3 Å². The van der Waals surface area contributed by atoms with E-state index in [2.05, 4.69) is 4.99 Å². The standard InChI is InChI=1S/C21H25N3O6/c1-4-30-21(26)18-17(14-8-7-9-15(12-14)24(27)28)16(20(25)29-3)13(2)22-19(18)23-10-5-6-11-23/h7-9,12,16-17H,4-6,10-11H2,1-3H3. The average Bonchev–Trinajstić information content (AvgIpc) is 3.27. The number of carbonyl (C=O) groups excluding carboxylic acids is 2. The first kappa shape index (κ1) is 21.5. The van der Waals surface area contributed by atoms with Crippen molar-refractivity contribution < 1.29 is 24.0 Å². The van der Waals surface area contributed by atoms with E-state index in [0.717, 1.165) is 25.9 Å². The normalized spacial score (nSPS) is 21.3. The van der Waals surface area contributed by atoms with Crippen molar-refractivity contribution in [1.82, 2.24) is 4.90 Å². The zero-order chi connectivity index (χ0) is 21.8. The van der Waals surface area contributed by atoms with Crippen molar-refractivity contribution in [3.8, 4) is 0 Å². The smallest absolute Gasteiger partial charge is 0.338 e. The molecule has 0 aliphatic carbocycles. The summed E-state index contributed by atoms with van der Waals surface area (Å²) in [6.45, 7) is 5.04. The Bertz CT molecular complexity index is 917. The van der Waals surface area contributed by atoms with E-state index in [1.165, 1.54) is 19.2 Å². The van der Waals surface area contributed by atoms with Crippen LogP contribution in [0.1, 0.15) is 38.2 Å². The minimum absolute atomic E-state index is 0.123. The molecule has 9 nitrogen and oxygen atoms in total. The minimum Gasteiger partial charge on any atom is -0.468 e. The predicted octanol–water partition coefficient (Wildman–Crippen LogP) is 2.81. The van der Waals surface area contributed by atoms with Crippen LogP contribution in [0.2, 0.25) is 0 Å². The Morgan fingerprint density at radius 2 is 2.00 bits per heavy atom. The molecule has 9 heteroatoms. The molecule has 1 aromatic carbocycles. The second-order valence-corrected chi connectivity index (χ2v) is 7.24. The van der Waals surface area contributed by atoms with Gasteiger partial charge in [-0.15, -0.1) is 0 Å². The molecule has 0 aromatic heterocycles. The summed E-state index contributed by atoms with van der Waals surface area (Å²) in [5.74, 6) is -2.36. The van der Waals surface area contributed by atoms with E-state index in [9.17, 15) is 19.7 Å². The fourth-order valence-electron chi connectivity index (χ4n) is 4.07. The number of rotatable bonds is 6. The Morgan fingerprint density at radius 1 is 1.30 bits per heavy atom. The van der Waals surface area contributed by atoms with Crippen LogP contribution >= 0.6 is 0 Å². The molecule has 1 saturated heterocycles. The lowest BCUT2D eigenvalue weighted by molar-refractivity contribution is -0.384. The van der Waals surface area contributed by atoms with E-state index in [4.69, 9.17) is 9.47 Å². The number of non-ortho nitro benzene ring substituents is 1. The van der Waals surface area contributed by atoms with Crippen molar-refractivity contribution in [2.75, 3.05) is 26.8 Å². The summed E-state index contributed by atoms with van der Waals surface area (Å²) in [7, 11) is 1.27. The third-order valence-electron chi connectivity index (χ3n) is 5.41. The number of nitro groups is 1. The van der Waals surface area contributed by atoms with Crippen LogP contribution in [0.25, 0.3) is 0 Å². The lowest BCUT2D eigenvalue weighted by atomic mass is 9.76. The van der Waals surface area contributed by atoms with Gasteiger partial charge in [0.25, 0.3) is 5.69 Å². The number of esters is 2. The molecule has 2 unspecified atom stereocenters. The number of methoxy groups -OCH3 is 1. The molecule has 0 N–H and O–H groups in total. The maximum atomic E-state index is 13.1. The van der Waals surface area contributed by atoms with Gasteiger partial charge in [0.2, 0.25) is 0 Å². The Kier molecular flexibility index (Phi) is 6.49. The van der Waals surface area contributed by atoms with Crippen molar-refractivity contribution in [1.29, 1.82) is 0 Å². The Balaban J connectivity index is 2.25. The first-order valence-corrected chi connectivity index (χ1v) is 9.92. The number of aliphatic imine (C=N–C) groups is 1. The van der Waals surface area contributed by atoms with Crippen LogP contribution in [0.5, 0.6) is 0 Å². The second kappa shape index (κ2) is 9.06. The Morgan fingerprint density at radius 3 is 2.60 bits per heavy atom. The van der Waals surface area contributed by atoms with Crippen LogP contribution in [0.3, 0.4) is 0 Å². The third kappa shape index (κ3) is 4.05. The number of benzene rings is 1. The maximum absolute atomic E-state index is 13.1. The summed E-state index contributed by atoms with van der Waals surface area (Å²) >= 11 is 0. The summed E-state index contributed by atoms with van der Waals surface area (Å²) in [4.78, 5) is 43.2. The number of carbonyl (C=O) groups is 2. The van der Waals surface area contributed by atoms with Gasteiger partial charge in [-0.3, -0.25) is 14.9 Å². The van der Waals surface area contributed by atoms with Crippen LogP contribution < -0.4 is 0 Å². The van der Waals surface area contributed by atoms with Crippen LogP contribution in [0.15, 0.2) is 40.7 Å². The van der Waals surface area contributed by atoms with Gasteiger partial charge in [0.1, 0.15) is 11.7 Å². The molecular weight excluding hydrogens is 390 g/mol. The number of nitro benzene ring substituents is 1. The monoisotopic (exact) mass is 415 g/mol. The number of hydrogen-bond acceptors (Lipinski definition) is 8. The van der Waals surface area contributed by atoms with Gasteiger partial charge in [0, 0.05) is 36.9 Å². The highest BCUT2D eigenvalue weighted by Crippen LogP contribution is 2.42. The number of ether oxygens (including phenoxy) is 2. The molecule has 2 atom stereocenters. The highest BCUT2D eigenvalue weighted by molar-refractivity contribution is 6.07. The highest BCUT2D eigenvalue weighted by Gasteiger charge is 2.44. The van der Waals surface area contributed by atoms with Crippen LogP contribution in [0, 0.1) is 16.0 Å². The van der Waals surface area contributed by atoms with Crippen LogP contribution in [0.4, 0.5) is 5.69 Å². The summed E-state index contributed by atoms with van der Waals surface area (Å²) < 4.78 is 10.3. The van der Waals surface area contributed by atoms with E-state index < -0.39 is 28.7 Å². The van der Waals surface area contributed by atoms with Gasteiger partial charge in [-0.1, -0.05) is 12.1 Å². The summed E-state index contributed by atoms with van der Waals surface area (Å²) in [5, 5.41) is 11.3. The van der Waals surface area contributed by atoms with Crippen molar-refractivity contribution in [2.45, 2.75) is 32.6 Å². The predicted molar refractivity (Wildman–Crippen MR) is 109 cm³/mol. The van der Waals surface area contributed by atoms with Crippen LogP contribution in [-0.2, 0) is 19.1 Å². The molecule has 0 bridgehead atoms. The van der Waals surface area contributed by atoms with E-state index in [-0.39, 0.29) is 17.9 Å². The Hall–Kier alpha value is -3.23. The summed E-state index contributed by atoms with van der Waals surface area (Å²) in [6.07, 6.45) is 1.94. The van der Waals surface area contributed by atoms with E-state index in [0.29, 0.717) is 17.1 Å². The Labute approximate surface area is 174 Å².